The number of methoxy groups -OCH3 is 1. The highest BCUT2D eigenvalue weighted by Gasteiger charge is 2.43. The van der Waals surface area contributed by atoms with Gasteiger partial charge in [-0.25, -0.2) is 4.98 Å². The minimum Gasteiger partial charge on any atom is -0.497 e. The molecule has 0 spiro atoms. The SMILES string of the molecule is COc1cccc(C2CC2NC(=O)C(C)(C)c2nccnc2Cl)c1. The zero-order chi connectivity index (χ0) is 17.3. The van der Waals surface area contributed by atoms with Crippen molar-refractivity contribution in [3.05, 3.63) is 53.1 Å². The fraction of sp³-hybridized carbons (Fsp3) is 0.389. The number of nitrogens with one attached hydrogen (secondary N) is 1. The molecule has 0 bridgehead atoms. The van der Waals surface area contributed by atoms with Gasteiger partial charge in [0.1, 0.15) is 5.75 Å². The van der Waals surface area contributed by atoms with Gasteiger partial charge in [0.05, 0.1) is 18.2 Å². The Bertz CT molecular complexity index is 763. The lowest BCUT2D eigenvalue weighted by molar-refractivity contribution is -0.125. The molecule has 126 valence electrons. The summed E-state index contributed by atoms with van der Waals surface area (Å²) in [5.41, 5.74) is 0.824. The van der Waals surface area contributed by atoms with Crippen LogP contribution in [0.15, 0.2) is 36.7 Å². The fourth-order valence-corrected chi connectivity index (χ4v) is 3.13. The van der Waals surface area contributed by atoms with E-state index in [1.807, 2.05) is 18.2 Å². The van der Waals surface area contributed by atoms with Gasteiger partial charge in [-0.3, -0.25) is 9.78 Å². The number of carbonyl (C=O) groups is 1. The Morgan fingerprint density at radius 1 is 1.33 bits per heavy atom. The van der Waals surface area contributed by atoms with E-state index in [0.717, 1.165) is 12.2 Å². The lowest BCUT2D eigenvalue weighted by Gasteiger charge is -2.23. The number of halogens is 1. The molecule has 2 aromatic rings. The van der Waals surface area contributed by atoms with E-state index < -0.39 is 5.41 Å². The van der Waals surface area contributed by atoms with Crippen LogP contribution in [-0.4, -0.2) is 29.0 Å². The number of aromatic nitrogens is 2. The number of nitrogens with zero attached hydrogens (tertiary/aromatic N) is 2. The quantitative estimate of drug-likeness (QED) is 0.904. The monoisotopic (exact) mass is 345 g/mol. The number of benzene rings is 1. The molecular formula is C18H20ClN3O2. The summed E-state index contributed by atoms with van der Waals surface area (Å²) in [5, 5.41) is 3.36. The van der Waals surface area contributed by atoms with Gasteiger partial charge in [-0.15, -0.1) is 0 Å². The van der Waals surface area contributed by atoms with Crippen molar-refractivity contribution in [3.8, 4) is 5.75 Å². The molecule has 0 radical (unpaired) electrons. The van der Waals surface area contributed by atoms with Crippen LogP contribution in [-0.2, 0) is 10.2 Å². The van der Waals surface area contributed by atoms with E-state index in [0.29, 0.717) is 11.6 Å². The summed E-state index contributed by atoms with van der Waals surface area (Å²) >= 11 is 6.10. The Balaban J connectivity index is 1.69. The average molecular weight is 346 g/mol. The van der Waals surface area contributed by atoms with Gasteiger partial charge >= 0.3 is 0 Å². The normalized spacial score (nSPS) is 19.7. The molecule has 5 nitrogen and oxygen atoms in total. The van der Waals surface area contributed by atoms with E-state index in [1.165, 1.54) is 11.8 Å². The maximum atomic E-state index is 12.7. The van der Waals surface area contributed by atoms with Crippen LogP contribution in [0.5, 0.6) is 5.75 Å². The first kappa shape index (κ1) is 16.7. The molecule has 1 aliphatic rings. The van der Waals surface area contributed by atoms with Gasteiger partial charge in [0.2, 0.25) is 5.91 Å². The highest BCUT2D eigenvalue weighted by atomic mass is 35.5. The van der Waals surface area contributed by atoms with Crippen LogP contribution in [0.4, 0.5) is 0 Å². The molecule has 2 atom stereocenters. The Labute approximate surface area is 146 Å². The number of rotatable bonds is 5. The maximum absolute atomic E-state index is 12.7. The number of carbonyl (C=O) groups excluding carboxylic acids is 1. The smallest absolute Gasteiger partial charge is 0.232 e. The molecule has 1 N–H and O–H groups in total. The maximum Gasteiger partial charge on any atom is 0.232 e. The van der Waals surface area contributed by atoms with Crippen LogP contribution in [0.2, 0.25) is 5.15 Å². The van der Waals surface area contributed by atoms with Gasteiger partial charge in [0.25, 0.3) is 0 Å². The van der Waals surface area contributed by atoms with E-state index in [9.17, 15) is 4.79 Å². The fourth-order valence-electron chi connectivity index (χ4n) is 2.79. The summed E-state index contributed by atoms with van der Waals surface area (Å²) in [6.07, 6.45) is 3.98. The van der Waals surface area contributed by atoms with Crippen LogP contribution >= 0.6 is 11.6 Å². The largest absolute Gasteiger partial charge is 0.497 e. The molecule has 3 rings (SSSR count). The molecule has 1 aromatic heterocycles. The summed E-state index contributed by atoms with van der Waals surface area (Å²) in [6, 6.07) is 8.08. The Morgan fingerprint density at radius 2 is 2.08 bits per heavy atom. The zero-order valence-corrected chi connectivity index (χ0v) is 14.7. The topological polar surface area (TPSA) is 64.1 Å². The summed E-state index contributed by atoms with van der Waals surface area (Å²) in [5.74, 6) is 1.05. The van der Waals surface area contributed by atoms with Crippen molar-refractivity contribution >= 4 is 17.5 Å². The predicted octanol–water partition coefficient (Wildman–Crippen LogP) is 3.09. The summed E-state index contributed by atoms with van der Waals surface area (Å²) in [7, 11) is 1.65. The van der Waals surface area contributed by atoms with Crippen LogP contribution in [0.1, 0.15) is 37.4 Å². The second-order valence-electron chi connectivity index (χ2n) is 6.52. The van der Waals surface area contributed by atoms with Crippen molar-refractivity contribution in [3.63, 3.8) is 0 Å². The molecule has 24 heavy (non-hydrogen) atoms. The third-order valence-electron chi connectivity index (χ3n) is 4.44. The van der Waals surface area contributed by atoms with Gasteiger partial charge in [0.15, 0.2) is 5.15 Å². The highest BCUT2D eigenvalue weighted by Crippen LogP contribution is 2.42. The molecule has 1 aliphatic carbocycles. The molecule has 0 saturated heterocycles. The summed E-state index contributed by atoms with van der Waals surface area (Å²) in [4.78, 5) is 20.9. The van der Waals surface area contributed by atoms with E-state index in [2.05, 4.69) is 21.4 Å². The third kappa shape index (κ3) is 3.22. The van der Waals surface area contributed by atoms with Crippen molar-refractivity contribution < 1.29 is 9.53 Å². The van der Waals surface area contributed by atoms with Crippen molar-refractivity contribution in [1.29, 1.82) is 0 Å². The lowest BCUT2D eigenvalue weighted by atomic mass is 9.88. The lowest BCUT2D eigenvalue weighted by Crippen LogP contribution is -2.42. The van der Waals surface area contributed by atoms with Crippen LogP contribution in [0.3, 0.4) is 0 Å². The van der Waals surface area contributed by atoms with Crippen molar-refractivity contribution in [2.24, 2.45) is 0 Å². The molecule has 1 saturated carbocycles. The van der Waals surface area contributed by atoms with Gasteiger partial charge in [-0.05, 0) is 38.0 Å². The number of hydrogen-bond donors (Lipinski definition) is 1. The van der Waals surface area contributed by atoms with Crippen molar-refractivity contribution in [2.75, 3.05) is 7.11 Å². The van der Waals surface area contributed by atoms with E-state index in [1.54, 1.807) is 27.2 Å². The second-order valence-corrected chi connectivity index (χ2v) is 6.88. The Morgan fingerprint density at radius 3 is 2.79 bits per heavy atom. The third-order valence-corrected chi connectivity index (χ3v) is 4.72. The van der Waals surface area contributed by atoms with Gasteiger partial charge < -0.3 is 10.1 Å². The first-order valence-electron chi connectivity index (χ1n) is 7.85. The van der Waals surface area contributed by atoms with E-state index >= 15 is 0 Å². The standard InChI is InChI=1S/C18H20ClN3O2/c1-18(2,15-16(19)21-8-7-20-15)17(23)22-14-10-13(14)11-5-4-6-12(9-11)24-3/h4-9,13-14H,10H2,1-3H3,(H,22,23). The number of hydrogen-bond acceptors (Lipinski definition) is 4. The number of ether oxygens (including phenoxy) is 1. The minimum atomic E-state index is -0.840. The van der Waals surface area contributed by atoms with Crippen molar-refractivity contribution in [1.82, 2.24) is 15.3 Å². The average Bonchev–Trinajstić information content (AvgIpc) is 3.34. The van der Waals surface area contributed by atoms with Crippen LogP contribution in [0, 0.1) is 0 Å². The molecular weight excluding hydrogens is 326 g/mol. The van der Waals surface area contributed by atoms with Gasteiger partial charge in [-0.2, -0.15) is 0 Å². The first-order valence-corrected chi connectivity index (χ1v) is 8.23. The van der Waals surface area contributed by atoms with Crippen LogP contribution in [0.25, 0.3) is 0 Å². The van der Waals surface area contributed by atoms with Gasteiger partial charge in [-0.1, -0.05) is 23.7 Å². The molecule has 1 fully saturated rings. The molecule has 2 unspecified atom stereocenters. The van der Waals surface area contributed by atoms with Gasteiger partial charge in [0, 0.05) is 24.4 Å². The van der Waals surface area contributed by atoms with E-state index in [4.69, 9.17) is 16.3 Å². The minimum absolute atomic E-state index is 0.0969. The summed E-state index contributed by atoms with van der Waals surface area (Å²) < 4.78 is 5.26. The molecule has 6 heteroatoms. The zero-order valence-electron chi connectivity index (χ0n) is 13.9. The predicted molar refractivity (Wildman–Crippen MR) is 92.4 cm³/mol. The van der Waals surface area contributed by atoms with E-state index in [-0.39, 0.29) is 17.1 Å². The van der Waals surface area contributed by atoms with Crippen molar-refractivity contribution in [2.45, 2.75) is 37.6 Å². The summed E-state index contributed by atoms with van der Waals surface area (Å²) in [6.45, 7) is 3.61. The molecule has 1 heterocycles. The second kappa shape index (κ2) is 6.40. The number of amides is 1. The molecule has 1 amide bonds. The molecule has 1 aromatic carbocycles. The van der Waals surface area contributed by atoms with Crippen LogP contribution < -0.4 is 10.1 Å². The highest BCUT2D eigenvalue weighted by molar-refractivity contribution is 6.30. The Hall–Kier alpha value is -2.14. The molecule has 0 aliphatic heterocycles. The first-order chi connectivity index (χ1) is 11.4. The Kier molecular flexibility index (Phi) is 4.45.